The van der Waals surface area contributed by atoms with E-state index < -0.39 is 11.7 Å². The summed E-state index contributed by atoms with van der Waals surface area (Å²) in [5.41, 5.74) is 1.27. The van der Waals surface area contributed by atoms with Crippen LogP contribution >= 0.6 is 11.3 Å². The first-order valence-corrected chi connectivity index (χ1v) is 8.25. The summed E-state index contributed by atoms with van der Waals surface area (Å²) in [5.74, 6) is -1.34. The summed E-state index contributed by atoms with van der Waals surface area (Å²) in [4.78, 5) is 27.5. The normalized spacial score (nSPS) is 11.0. The number of thiazole rings is 1. The van der Waals surface area contributed by atoms with E-state index in [1.54, 1.807) is 6.08 Å². The predicted molar refractivity (Wildman–Crippen MR) is 98.0 cm³/mol. The highest BCUT2D eigenvalue weighted by molar-refractivity contribution is 7.19. The van der Waals surface area contributed by atoms with E-state index in [0.29, 0.717) is 5.69 Å². The monoisotopic (exact) mass is 355 g/mol. The lowest BCUT2D eigenvalue weighted by Crippen LogP contribution is -2.10. The maximum atomic E-state index is 13.6. The van der Waals surface area contributed by atoms with Gasteiger partial charge in [-0.05, 0) is 36.4 Å². The molecule has 0 radical (unpaired) electrons. The number of aromatic nitrogens is 1. The highest BCUT2D eigenvalue weighted by atomic mass is 32.1. The van der Waals surface area contributed by atoms with Crippen LogP contribution in [0.4, 0.5) is 15.8 Å². The molecule has 2 amide bonds. The number of carbonyl (C=O) groups excluding carboxylic acids is 2. The summed E-state index contributed by atoms with van der Waals surface area (Å²) in [7, 11) is 0. The molecule has 0 aliphatic rings. The molecule has 5 nitrogen and oxygen atoms in total. The molecule has 0 saturated carbocycles. The molecule has 0 aliphatic carbocycles. The second-order valence-electron chi connectivity index (χ2n) is 5.22. The minimum absolute atomic E-state index is 0.0143. The molecule has 0 unspecified atom stereocenters. The second kappa shape index (κ2) is 7.23. The van der Waals surface area contributed by atoms with E-state index in [1.165, 1.54) is 42.5 Å². The Labute approximate surface area is 147 Å². The molecule has 7 heteroatoms. The third-order valence-electron chi connectivity index (χ3n) is 3.23. The van der Waals surface area contributed by atoms with Crippen molar-refractivity contribution in [2.45, 2.75) is 6.92 Å². The first kappa shape index (κ1) is 16.8. The Morgan fingerprint density at radius 3 is 2.72 bits per heavy atom. The first-order valence-electron chi connectivity index (χ1n) is 7.43. The summed E-state index contributed by atoms with van der Waals surface area (Å²) < 4.78 is 14.6. The van der Waals surface area contributed by atoms with Crippen LogP contribution < -0.4 is 10.6 Å². The van der Waals surface area contributed by atoms with Crippen LogP contribution in [0.2, 0.25) is 0 Å². The number of para-hydroxylation sites is 1. The van der Waals surface area contributed by atoms with Gasteiger partial charge in [0, 0.05) is 18.7 Å². The van der Waals surface area contributed by atoms with Crippen LogP contribution in [0, 0.1) is 5.82 Å². The molecule has 0 bridgehead atoms. The molecule has 2 aromatic carbocycles. The van der Waals surface area contributed by atoms with Gasteiger partial charge in [0.05, 0.1) is 15.9 Å². The van der Waals surface area contributed by atoms with Gasteiger partial charge in [-0.2, -0.15) is 0 Å². The SMILES string of the molecule is CC(=O)Nc1cc(NC(=O)/C=C/c2nc3ccccc3s2)ccc1F. The van der Waals surface area contributed by atoms with Crippen molar-refractivity contribution in [3.05, 3.63) is 59.4 Å². The average Bonchev–Trinajstić information content (AvgIpc) is 2.98. The lowest BCUT2D eigenvalue weighted by molar-refractivity contribution is -0.114. The van der Waals surface area contributed by atoms with Crippen LogP contribution in [0.3, 0.4) is 0 Å². The number of amides is 2. The van der Waals surface area contributed by atoms with Crippen LogP contribution in [0.5, 0.6) is 0 Å². The molecule has 1 heterocycles. The number of benzene rings is 2. The van der Waals surface area contributed by atoms with Crippen LogP contribution in [-0.2, 0) is 9.59 Å². The minimum Gasteiger partial charge on any atom is -0.324 e. The zero-order valence-corrected chi connectivity index (χ0v) is 14.1. The lowest BCUT2D eigenvalue weighted by atomic mass is 10.2. The van der Waals surface area contributed by atoms with E-state index in [9.17, 15) is 14.0 Å². The number of carbonyl (C=O) groups is 2. The molecule has 0 aliphatic heterocycles. The lowest BCUT2D eigenvalue weighted by Gasteiger charge is -2.07. The maximum absolute atomic E-state index is 13.6. The Morgan fingerprint density at radius 2 is 1.96 bits per heavy atom. The molecular weight excluding hydrogens is 341 g/mol. The zero-order valence-electron chi connectivity index (χ0n) is 13.2. The quantitative estimate of drug-likeness (QED) is 0.694. The number of nitrogens with zero attached hydrogens (tertiary/aromatic N) is 1. The van der Waals surface area contributed by atoms with Crippen molar-refractivity contribution in [3.63, 3.8) is 0 Å². The van der Waals surface area contributed by atoms with Crippen molar-refractivity contribution >= 4 is 50.8 Å². The Hall–Kier alpha value is -3.06. The third kappa shape index (κ3) is 4.27. The fourth-order valence-electron chi connectivity index (χ4n) is 2.18. The van der Waals surface area contributed by atoms with Crippen molar-refractivity contribution in [1.29, 1.82) is 0 Å². The van der Waals surface area contributed by atoms with Crippen molar-refractivity contribution in [2.75, 3.05) is 10.6 Å². The number of anilines is 2. The summed E-state index contributed by atoms with van der Waals surface area (Å²) in [5, 5.41) is 5.70. The van der Waals surface area contributed by atoms with Gasteiger partial charge in [-0.25, -0.2) is 9.37 Å². The third-order valence-corrected chi connectivity index (χ3v) is 4.23. The van der Waals surface area contributed by atoms with Crippen LogP contribution in [0.15, 0.2) is 48.5 Å². The summed E-state index contributed by atoms with van der Waals surface area (Å²) >= 11 is 1.48. The van der Waals surface area contributed by atoms with Crippen LogP contribution in [-0.4, -0.2) is 16.8 Å². The summed E-state index contributed by atoms with van der Waals surface area (Å²) in [6.07, 6.45) is 2.98. The Morgan fingerprint density at radius 1 is 1.16 bits per heavy atom. The molecule has 0 spiro atoms. The molecule has 3 aromatic rings. The highest BCUT2D eigenvalue weighted by Crippen LogP contribution is 2.23. The number of nitrogens with one attached hydrogen (secondary N) is 2. The van der Waals surface area contributed by atoms with Crippen LogP contribution in [0.1, 0.15) is 11.9 Å². The van der Waals surface area contributed by atoms with E-state index in [2.05, 4.69) is 15.6 Å². The van der Waals surface area contributed by atoms with E-state index in [1.807, 2.05) is 24.3 Å². The standard InChI is InChI=1S/C18H14FN3O2S/c1-11(23)20-15-10-12(6-7-13(15)19)21-17(24)8-9-18-22-14-4-2-3-5-16(14)25-18/h2-10H,1H3,(H,20,23)(H,21,24)/b9-8+. The molecule has 0 saturated heterocycles. The van der Waals surface area contributed by atoms with E-state index in [4.69, 9.17) is 0 Å². The topological polar surface area (TPSA) is 71.1 Å². The average molecular weight is 355 g/mol. The van der Waals surface area contributed by atoms with Gasteiger partial charge in [0.25, 0.3) is 0 Å². The minimum atomic E-state index is -0.571. The van der Waals surface area contributed by atoms with E-state index >= 15 is 0 Å². The molecule has 0 atom stereocenters. The molecule has 2 N–H and O–H groups in total. The van der Waals surface area contributed by atoms with Crippen molar-refractivity contribution in [3.8, 4) is 0 Å². The van der Waals surface area contributed by atoms with Gasteiger partial charge in [-0.1, -0.05) is 12.1 Å². The van der Waals surface area contributed by atoms with Gasteiger partial charge in [-0.3, -0.25) is 9.59 Å². The van der Waals surface area contributed by atoms with Gasteiger partial charge < -0.3 is 10.6 Å². The van der Waals surface area contributed by atoms with Gasteiger partial charge >= 0.3 is 0 Å². The fraction of sp³-hybridized carbons (Fsp3) is 0.0556. The number of hydrogen-bond acceptors (Lipinski definition) is 4. The summed E-state index contributed by atoms with van der Waals surface area (Å²) in [6.45, 7) is 1.28. The van der Waals surface area contributed by atoms with Crippen molar-refractivity contribution in [2.24, 2.45) is 0 Å². The Balaban J connectivity index is 1.70. The number of halogens is 1. The number of rotatable bonds is 4. The molecule has 0 fully saturated rings. The second-order valence-corrected chi connectivity index (χ2v) is 6.28. The highest BCUT2D eigenvalue weighted by Gasteiger charge is 2.07. The first-order chi connectivity index (χ1) is 12.0. The molecular formula is C18H14FN3O2S. The van der Waals surface area contributed by atoms with E-state index in [-0.39, 0.29) is 11.6 Å². The van der Waals surface area contributed by atoms with Gasteiger partial charge in [0.2, 0.25) is 11.8 Å². The molecule has 1 aromatic heterocycles. The fourth-order valence-corrected chi connectivity index (χ4v) is 3.05. The largest absolute Gasteiger partial charge is 0.324 e. The zero-order chi connectivity index (χ0) is 17.8. The Bertz CT molecular complexity index is 948. The van der Waals surface area contributed by atoms with Gasteiger partial charge in [0.1, 0.15) is 10.8 Å². The van der Waals surface area contributed by atoms with Crippen molar-refractivity contribution in [1.82, 2.24) is 4.98 Å². The smallest absolute Gasteiger partial charge is 0.248 e. The molecule has 126 valence electrons. The predicted octanol–water partition coefficient (Wildman–Crippen LogP) is 4.05. The molecule has 3 rings (SSSR count). The van der Waals surface area contributed by atoms with Crippen molar-refractivity contribution < 1.29 is 14.0 Å². The van der Waals surface area contributed by atoms with Crippen LogP contribution in [0.25, 0.3) is 16.3 Å². The van der Waals surface area contributed by atoms with E-state index in [0.717, 1.165) is 15.2 Å². The number of fused-ring (bicyclic) bond motifs is 1. The Kier molecular flexibility index (Phi) is 4.85. The van der Waals surface area contributed by atoms with Gasteiger partial charge in [0.15, 0.2) is 0 Å². The molecule has 25 heavy (non-hydrogen) atoms. The summed E-state index contributed by atoms with van der Waals surface area (Å²) in [6, 6.07) is 11.7. The van der Waals surface area contributed by atoms with Gasteiger partial charge in [-0.15, -0.1) is 11.3 Å². The number of hydrogen-bond donors (Lipinski definition) is 2. The maximum Gasteiger partial charge on any atom is 0.248 e.